The van der Waals surface area contributed by atoms with E-state index in [4.69, 9.17) is 5.73 Å². The van der Waals surface area contributed by atoms with Gasteiger partial charge >= 0.3 is 5.97 Å². The summed E-state index contributed by atoms with van der Waals surface area (Å²) in [6.07, 6.45) is 4.11. The predicted octanol–water partition coefficient (Wildman–Crippen LogP) is 0.466. The second kappa shape index (κ2) is 5.95. The number of methoxy groups -OCH3 is 1. The molecular weight excluding hydrogens is 274 g/mol. The van der Waals surface area contributed by atoms with Crippen molar-refractivity contribution in [1.82, 2.24) is 15.0 Å². The molecule has 0 saturated carbocycles. The minimum atomic E-state index is -0.637. The summed E-state index contributed by atoms with van der Waals surface area (Å²) in [6, 6.07) is 1.51. The number of ether oxygens (including phenoxy) is 1. The van der Waals surface area contributed by atoms with Crippen molar-refractivity contribution in [2.24, 2.45) is 5.73 Å². The molecule has 2 heterocycles. The smallest absolute Gasteiger partial charge is 0.341 e. The monoisotopic (exact) mass is 287 g/mol. The number of nitrogens with zero attached hydrogens (tertiary/aromatic N) is 3. The SMILES string of the molecule is CNc1ncc(-c2ncncc2C(=O)OC)cc1C(N)=O. The largest absolute Gasteiger partial charge is 0.465 e. The number of rotatable bonds is 4. The van der Waals surface area contributed by atoms with Crippen molar-refractivity contribution < 1.29 is 14.3 Å². The van der Waals surface area contributed by atoms with Gasteiger partial charge in [-0.1, -0.05) is 0 Å². The minimum absolute atomic E-state index is 0.175. The molecule has 21 heavy (non-hydrogen) atoms. The van der Waals surface area contributed by atoms with E-state index < -0.39 is 11.9 Å². The normalized spacial score (nSPS) is 10.0. The van der Waals surface area contributed by atoms with Crippen molar-refractivity contribution in [2.75, 3.05) is 19.5 Å². The number of aromatic nitrogens is 3. The number of carbonyl (C=O) groups excluding carboxylic acids is 2. The van der Waals surface area contributed by atoms with Crippen LogP contribution in [0, 0.1) is 0 Å². The Bertz CT molecular complexity index is 702. The van der Waals surface area contributed by atoms with Gasteiger partial charge in [0, 0.05) is 25.0 Å². The predicted molar refractivity (Wildman–Crippen MR) is 74.7 cm³/mol. The van der Waals surface area contributed by atoms with Crippen molar-refractivity contribution in [1.29, 1.82) is 0 Å². The third-order valence-electron chi connectivity index (χ3n) is 2.78. The van der Waals surface area contributed by atoms with Gasteiger partial charge in [-0.3, -0.25) is 4.79 Å². The number of hydrogen-bond acceptors (Lipinski definition) is 7. The van der Waals surface area contributed by atoms with Crippen molar-refractivity contribution in [3.63, 3.8) is 0 Å². The molecule has 0 aliphatic heterocycles. The highest BCUT2D eigenvalue weighted by Gasteiger charge is 2.17. The third-order valence-corrected chi connectivity index (χ3v) is 2.78. The van der Waals surface area contributed by atoms with Crippen LogP contribution >= 0.6 is 0 Å². The van der Waals surface area contributed by atoms with Crippen molar-refractivity contribution >= 4 is 17.7 Å². The molecule has 2 rings (SSSR count). The van der Waals surface area contributed by atoms with Crippen molar-refractivity contribution in [2.45, 2.75) is 0 Å². The van der Waals surface area contributed by atoms with Crippen LogP contribution in [0.4, 0.5) is 5.82 Å². The number of nitrogens with one attached hydrogen (secondary N) is 1. The first-order valence-corrected chi connectivity index (χ1v) is 5.94. The molecule has 0 aliphatic rings. The average molecular weight is 287 g/mol. The molecular formula is C13H13N5O3. The molecule has 0 aliphatic carbocycles. The van der Waals surface area contributed by atoms with Crippen LogP contribution < -0.4 is 11.1 Å². The number of anilines is 1. The summed E-state index contributed by atoms with van der Waals surface area (Å²) in [7, 11) is 2.88. The van der Waals surface area contributed by atoms with Crippen LogP contribution in [-0.4, -0.2) is 41.0 Å². The van der Waals surface area contributed by atoms with Gasteiger partial charge < -0.3 is 15.8 Å². The molecule has 0 unspecified atom stereocenters. The van der Waals surface area contributed by atoms with Crippen LogP contribution in [0.25, 0.3) is 11.3 Å². The highest BCUT2D eigenvalue weighted by Crippen LogP contribution is 2.24. The fourth-order valence-corrected chi connectivity index (χ4v) is 1.80. The lowest BCUT2D eigenvalue weighted by Gasteiger charge is -2.09. The number of pyridine rings is 1. The van der Waals surface area contributed by atoms with Crippen LogP contribution in [-0.2, 0) is 4.74 Å². The van der Waals surface area contributed by atoms with Gasteiger partial charge in [0.15, 0.2) is 0 Å². The second-order valence-electron chi connectivity index (χ2n) is 4.01. The zero-order chi connectivity index (χ0) is 15.4. The molecule has 3 N–H and O–H groups in total. The van der Waals surface area contributed by atoms with Crippen molar-refractivity contribution in [3.05, 3.63) is 35.9 Å². The number of nitrogens with two attached hydrogens (primary N) is 1. The Labute approximate surface area is 120 Å². The Kier molecular flexibility index (Phi) is 4.07. The maximum Gasteiger partial charge on any atom is 0.341 e. The molecule has 8 heteroatoms. The van der Waals surface area contributed by atoms with E-state index in [1.165, 1.54) is 31.9 Å². The van der Waals surface area contributed by atoms with Gasteiger partial charge in [0.05, 0.1) is 18.4 Å². The van der Waals surface area contributed by atoms with Gasteiger partial charge in [0.25, 0.3) is 5.91 Å². The molecule has 0 spiro atoms. The molecule has 0 aromatic carbocycles. The summed E-state index contributed by atoms with van der Waals surface area (Å²) in [6.45, 7) is 0. The highest BCUT2D eigenvalue weighted by atomic mass is 16.5. The fraction of sp³-hybridized carbons (Fsp3) is 0.154. The van der Waals surface area contributed by atoms with E-state index >= 15 is 0 Å². The van der Waals surface area contributed by atoms with Crippen LogP contribution in [0.2, 0.25) is 0 Å². The summed E-state index contributed by atoms with van der Waals surface area (Å²) < 4.78 is 4.68. The summed E-state index contributed by atoms with van der Waals surface area (Å²) in [5.74, 6) is -0.869. The Morgan fingerprint density at radius 1 is 1.24 bits per heavy atom. The third kappa shape index (κ3) is 2.78. The lowest BCUT2D eigenvalue weighted by molar-refractivity contribution is 0.0600. The quantitative estimate of drug-likeness (QED) is 0.784. The first-order valence-electron chi connectivity index (χ1n) is 5.94. The summed E-state index contributed by atoms with van der Waals surface area (Å²) >= 11 is 0. The van der Waals surface area contributed by atoms with E-state index in [9.17, 15) is 9.59 Å². The van der Waals surface area contributed by atoms with Crippen LogP contribution in [0.1, 0.15) is 20.7 Å². The minimum Gasteiger partial charge on any atom is -0.465 e. The van der Waals surface area contributed by atoms with E-state index in [0.29, 0.717) is 17.1 Å². The van der Waals surface area contributed by atoms with E-state index in [0.717, 1.165) is 0 Å². The lowest BCUT2D eigenvalue weighted by Crippen LogP contribution is -2.15. The summed E-state index contributed by atoms with van der Waals surface area (Å²) in [5.41, 5.74) is 6.47. The zero-order valence-electron chi connectivity index (χ0n) is 11.5. The first kappa shape index (κ1) is 14.4. The Hall–Kier alpha value is -3.03. The number of esters is 1. The van der Waals surface area contributed by atoms with Crippen LogP contribution in [0.5, 0.6) is 0 Å². The van der Waals surface area contributed by atoms with Gasteiger partial charge in [0.2, 0.25) is 0 Å². The molecule has 2 aromatic rings. The number of primary amides is 1. The Morgan fingerprint density at radius 2 is 2.00 bits per heavy atom. The lowest BCUT2D eigenvalue weighted by atomic mass is 10.1. The molecule has 0 atom stereocenters. The van der Waals surface area contributed by atoms with Crippen molar-refractivity contribution in [3.8, 4) is 11.3 Å². The molecule has 1 amide bonds. The van der Waals surface area contributed by atoms with Gasteiger partial charge in [-0.15, -0.1) is 0 Å². The fourth-order valence-electron chi connectivity index (χ4n) is 1.80. The average Bonchev–Trinajstić information content (AvgIpc) is 2.53. The molecule has 0 radical (unpaired) electrons. The Balaban J connectivity index is 2.60. The molecule has 2 aromatic heterocycles. The van der Waals surface area contributed by atoms with E-state index in [1.807, 2.05) is 0 Å². The van der Waals surface area contributed by atoms with E-state index in [-0.39, 0.29) is 11.1 Å². The molecule has 108 valence electrons. The Morgan fingerprint density at radius 3 is 2.62 bits per heavy atom. The number of hydrogen-bond donors (Lipinski definition) is 2. The highest BCUT2D eigenvalue weighted by molar-refractivity contribution is 6.00. The molecule has 8 nitrogen and oxygen atoms in total. The first-order chi connectivity index (χ1) is 10.1. The van der Waals surface area contributed by atoms with E-state index in [1.54, 1.807) is 7.05 Å². The molecule has 0 bridgehead atoms. The topological polar surface area (TPSA) is 120 Å². The maximum absolute atomic E-state index is 11.7. The number of carbonyl (C=O) groups is 2. The van der Waals surface area contributed by atoms with Gasteiger partial charge in [-0.05, 0) is 6.07 Å². The zero-order valence-corrected chi connectivity index (χ0v) is 11.5. The summed E-state index contributed by atoms with van der Waals surface area (Å²) in [5, 5.41) is 2.77. The molecule has 0 saturated heterocycles. The van der Waals surface area contributed by atoms with Gasteiger partial charge in [-0.25, -0.2) is 19.7 Å². The van der Waals surface area contributed by atoms with Crippen LogP contribution in [0.3, 0.4) is 0 Å². The second-order valence-corrected chi connectivity index (χ2v) is 4.01. The van der Waals surface area contributed by atoms with E-state index in [2.05, 4.69) is 25.0 Å². The summed E-state index contributed by atoms with van der Waals surface area (Å²) in [4.78, 5) is 35.1. The number of amides is 1. The van der Waals surface area contributed by atoms with Gasteiger partial charge in [0.1, 0.15) is 17.7 Å². The standard InChI is InChI=1S/C13H13N5O3/c1-15-12-8(11(14)19)3-7(4-17-12)10-9(13(20)21-2)5-16-6-18-10/h3-6H,1-2H3,(H2,14,19)(H,15,17). The molecule has 0 fully saturated rings. The van der Waals surface area contributed by atoms with Crippen LogP contribution in [0.15, 0.2) is 24.8 Å². The maximum atomic E-state index is 11.7. The van der Waals surface area contributed by atoms with Gasteiger partial charge in [-0.2, -0.15) is 0 Å².